The Kier molecular flexibility index (Phi) is 6.19. The molecule has 32 heavy (non-hydrogen) atoms. The predicted octanol–water partition coefficient (Wildman–Crippen LogP) is 4.18. The molecule has 3 aromatic rings. The summed E-state index contributed by atoms with van der Waals surface area (Å²) in [6.07, 6.45) is 5.21. The van der Waals surface area contributed by atoms with Crippen molar-refractivity contribution < 1.29 is 9.59 Å². The van der Waals surface area contributed by atoms with Gasteiger partial charge in [0.2, 0.25) is 5.91 Å². The highest BCUT2D eigenvalue weighted by Gasteiger charge is 2.30. The molecule has 1 aliphatic heterocycles. The zero-order valence-corrected chi connectivity index (χ0v) is 18.9. The Morgan fingerprint density at radius 2 is 1.88 bits per heavy atom. The summed E-state index contributed by atoms with van der Waals surface area (Å²) in [5.41, 5.74) is 1.45. The minimum absolute atomic E-state index is 0.0582. The van der Waals surface area contributed by atoms with E-state index in [1.807, 2.05) is 42.5 Å². The standard InChI is InChI=1S/C25H28N4O2S/c30-23(19-11-10-17-6-1-2-7-18(17)16-19)28-25-27-22-20(8-5-9-21(22)32-25)24(31)26-12-15-29-13-3-4-14-29/h1-2,6-7,10-11,16,20H,3-5,8-9,12-15H2,(H,26,31)(H,27,28,30). The van der Waals surface area contributed by atoms with Gasteiger partial charge in [-0.15, -0.1) is 11.3 Å². The maximum atomic E-state index is 12.9. The molecule has 0 spiro atoms. The number of nitrogens with one attached hydrogen (secondary N) is 2. The van der Waals surface area contributed by atoms with Crippen LogP contribution in [0.15, 0.2) is 42.5 Å². The van der Waals surface area contributed by atoms with E-state index < -0.39 is 0 Å². The minimum atomic E-state index is -0.222. The van der Waals surface area contributed by atoms with E-state index in [-0.39, 0.29) is 17.7 Å². The highest BCUT2D eigenvalue weighted by Crippen LogP contribution is 2.37. The number of hydrogen-bond acceptors (Lipinski definition) is 5. The molecule has 0 bridgehead atoms. The second-order valence-electron chi connectivity index (χ2n) is 8.63. The van der Waals surface area contributed by atoms with Crippen molar-refractivity contribution in [3.63, 3.8) is 0 Å². The van der Waals surface area contributed by atoms with E-state index in [1.165, 1.54) is 24.2 Å². The SMILES string of the molecule is O=C(Nc1nc2c(s1)CCCC2C(=O)NCCN1CCCC1)c1ccc2ccccc2c1. The largest absolute Gasteiger partial charge is 0.354 e. The number of hydrogen-bond donors (Lipinski definition) is 2. The number of aryl methyl sites for hydroxylation is 1. The van der Waals surface area contributed by atoms with Gasteiger partial charge in [0.05, 0.1) is 11.6 Å². The van der Waals surface area contributed by atoms with E-state index >= 15 is 0 Å². The zero-order chi connectivity index (χ0) is 21.9. The van der Waals surface area contributed by atoms with Crippen LogP contribution < -0.4 is 10.6 Å². The van der Waals surface area contributed by atoms with Gasteiger partial charge < -0.3 is 10.2 Å². The number of benzene rings is 2. The van der Waals surface area contributed by atoms with E-state index in [2.05, 4.69) is 20.5 Å². The number of nitrogens with zero attached hydrogens (tertiary/aromatic N) is 2. The summed E-state index contributed by atoms with van der Waals surface area (Å²) in [6, 6.07) is 13.7. The van der Waals surface area contributed by atoms with E-state index in [0.717, 1.165) is 60.2 Å². The van der Waals surface area contributed by atoms with Crippen molar-refractivity contribution in [2.45, 2.75) is 38.0 Å². The number of rotatable bonds is 6. The lowest BCUT2D eigenvalue weighted by molar-refractivity contribution is -0.123. The lowest BCUT2D eigenvalue weighted by Crippen LogP contribution is -2.37. The number of amides is 2. The van der Waals surface area contributed by atoms with Gasteiger partial charge in [0.15, 0.2) is 5.13 Å². The third kappa shape index (κ3) is 4.54. The monoisotopic (exact) mass is 448 g/mol. The molecule has 1 unspecified atom stereocenters. The van der Waals surface area contributed by atoms with Crippen molar-refractivity contribution in [3.05, 3.63) is 58.6 Å². The number of carbonyl (C=O) groups is 2. The van der Waals surface area contributed by atoms with Crippen LogP contribution in [0.3, 0.4) is 0 Å². The number of likely N-dealkylation sites (tertiary alicyclic amines) is 1. The molecule has 2 amide bonds. The molecule has 2 aromatic carbocycles. The first-order valence-electron chi connectivity index (χ1n) is 11.5. The Morgan fingerprint density at radius 1 is 1.06 bits per heavy atom. The fraction of sp³-hybridized carbons (Fsp3) is 0.400. The maximum Gasteiger partial charge on any atom is 0.257 e. The van der Waals surface area contributed by atoms with Gasteiger partial charge in [0.25, 0.3) is 5.91 Å². The number of anilines is 1. The molecule has 5 rings (SSSR count). The number of aromatic nitrogens is 1. The fourth-order valence-corrected chi connectivity index (χ4v) is 5.75. The summed E-state index contributed by atoms with van der Waals surface area (Å²) >= 11 is 1.50. The summed E-state index contributed by atoms with van der Waals surface area (Å²) in [4.78, 5) is 33.9. The van der Waals surface area contributed by atoms with Gasteiger partial charge in [-0.25, -0.2) is 4.98 Å². The lowest BCUT2D eigenvalue weighted by Gasteiger charge is -2.21. The number of fused-ring (bicyclic) bond motifs is 2. The first-order valence-corrected chi connectivity index (χ1v) is 12.3. The van der Waals surface area contributed by atoms with Crippen molar-refractivity contribution in [2.75, 3.05) is 31.5 Å². The highest BCUT2D eigenvalue weighted by molar-refractivity contribution is 7.16. The summed E-state index contributed by atoms with van der Waals surface area (Å²) in [5.74, 6) is -0.337. The smallest absolute Gasteiger partial charge is 0.257 e. The molecule has 166 valence electrons. The van der Waals surface area contributed by atoms with Crippen molar-refractivity contribution in [1.82, 2.24) is 15.2 Å². The summed E-state index contributed by atoms with van der Waals surface area (Å²) < 4.78 is 0. The van der Waals surface area contributed by atoms with Crippen LogP contribution >= 0.6 is 11.3 Å². The van der Waals surface area contributed by atoms with Crippen LogP contribution in [0.5, 0.6) is 0 Å². The average molecular weight is 449 g/mol. The molecule has 1 saturated heterocycles. The average Bonchev–Trinajstić information content (AvgIpc) is 3.47. The van der Waals surface area contributed by atoms with E-state index in [4.69, 9.17) is 0 Å². The fourth-order valence-electron chi connectivity index (χ4n) is 4.69. The second kappa shape index (κ2) is 9.38. The first kappa shape index (κ1) is 21.1. The highest BCUT2D eigenvalue weighted by atomic mass is 32.1. The molecule has 0 radical (unpaired) electrons. The topological polar surface area (TPSA) is 74.3 Å². The molecule has 7 heteroatoms. The molecule has 1 atom stereocenters. The van der Waals surface area contributed by atoms with Crippen LogP contribution in [0.25, 0.3) is 10.8 Å². The molecule has 2 N–H and O–H groups in total. The zero-order valence-electron chi connectivity index (χ0n) is 18.1. The molecule has 2 aliphatic rings. The van der Waals surface area contributed by atoms with E-state index in [0.29, 0.717) is 17.2 Å². The molecule has 1 fully saturated rings. The van der Waals surface area contributed by atoms with Crippen molar-refractivity contribution >= 4 is 39.1 Å². The van der Waals surface area contributed by atoms with Gasteiger partial charge in [-0.1, -0.05) is 30.3 Å². The molecule has 1 aromatic heterocycles. The predicted molar refractivity (Wildman–Crippen MR) is 128 cm³/mol. The van der Waals surface area contributed by atoms with Crippen molar-refractivity contribution in [3.8, 4) is 0 Å². The molecular formula is C25H28N4O2S. The van der Waals surface area contributed by atoms with Gasteiger partial charge in [-0.3, -0.25) is 14.9 Å². The Bertz CT molecular complexity index is 1140. The Hall–Kier alpha value is -2.77. The lowest BCUT2D eigenvalue weighted by atomic mass is 9.90. The van der Waals surface area contributed by atoms with Crippen LogP contribution in [-0.4, -0.2) is 47.9 Å². The third-order valence-corrected chi connectivity index (χ3v) is 7.48. The van der Waals surface area contributed by atoms with Gasteiger partial charge >= 0.3 is 0 Å². The Labute approximate surface area is 192 Å². The van der Waals surface area contributed by atoms with Crippen molar-refractivity contribution in [2.24, 2.45) is 0 Å². The van der Waals surface area contributed by atoms with Crippen LogP contribution in [0.2, 0.25) is 0 Å². The van der Waals surface area contributed by atoms with Crippen LogP contribution in [-0.2, 0) is 11.2 Å². The van der Waals surface area contributed by atoms with Crippen LogP contribution in [0.1, 0.15) is 52.5 Å². The van der Waals surface area contributed by atoms with Gasteiger partial charge in [-0.2, -0.15) is 0 Å². The minimum Gasteiger partial charge on any atom is -0.354 e. The quantitative estimate of drug-likeness (QED) is 0.593. The van der Waals surface area contributed by atoms with Crippen molar-refractivity contribution in [1.29, 1.82) is 0 Å². The Balaban J connectivity index is 1.25. The normalized spacial score (nSPS) is 18.4. The Morgan fingerprint density at radius 3 is 2.72 bits per heavy atom. The maximum absolute atomic E-state index is 12.9. The summed E-state index contributed by atoms with van der Waals surface area (Å²) in [7, 11) is 0. The summed E-state index contributed by atoms with van der Waals surface area (Å²) in [5, 5.41) is 8.77. The number of thiazole rings is 1. The third-order valence-electron chi connectivity index (χ3n) is 6.43. The van der Waals surface area contributed by atoms with Gasteiger partial charge in [-0.05, 0) is 68.1 Å². The second-order valence-corrected chi connectivity index (χ2v) is 9.71. The molecule has 6 nitrogen and oxygen atoms in total. The number of carbonyl (C=O) groups excluding carboxylic acids is 2. The molecule has 2 heterocycles. The van der Waals surface area contributed by atoms with Gasteiger partial charge in [0, 0.05) is 23.5 Å². The van der Waals surface area contributed by atoms with E-state index in [9.17, 15) is 9.59 Å². The molecule has 0 saturated carbocycles. The summed E-state index contributed by atoms with van der Waals surface area (Å²) in [6.45, 7) is 3.86. The van der Waals surface area contributed by atoms with E-state index in [1.54, 1.807) is 0 Å². The molecule has 1 aliphatic carbocycles. The van der Waals surface area contributed by atoms with Gasteiger partial charge in [0.1, 0.15) is 0 Å². The van der Waals surface area contributed by atoms with Crippen LogP contribution in [0.4, 0.5) is 5.13 Å². The molecular weight excluding hydrogens is 420 g/mol. The van der Waals surface area contributed by atoms with Crippen LogP contribution in [0, 0.1) is 0 Å². The first-order chi connectivity index (χ1) is 15.7.